The fourth-order valence-electron chi connectivity index (χ4n) is 3.00. The van der Waals surface area contributed by atoms with Crippen LogP contribution in [0.5, 0.6) is 0 Å². The molecule has 1 amide bonds. The lowest BCUT2D eigenvalue weighted by molar-refractivity contribution is 0.0780. The van der Waals surface area contributed by atoms with Crippen LogP contribution in [0, 0.1) is 6.92 Å². The average Bonchev–Trinajstić information content (AvgIpc) is 3.32. The number of carbonyl (C=O) groups is 1. The van der Waals surface area contributed by atoms with Gasteiger partial charge in [-0.2, -0.15) is 0 Å². The average molecular weight is 334 g/mol. The molecule has 0 unspecified atom stereocenters. The fraction of sp³-hybridized carbons (Fsp3) is 0.278. The van der Waals surface area contributed by atoms with Crippen LogP contribution < -0.4 is 0 Å². The lowest BCUT2D eigenvalue weighted by Gasteiger charge is -2.15. The van der Waals surface area contributed by atoms with E-state index < -0.39 is 0 Å². The van der Waals surface area contributed by atoms with E-state index in [2.05, 4.69) is 20.3 Å². The quantitative estimate of drug-likeness (QED) is 0.733. The number of hydrogen-bond donors (Lipinski definition) is 0. The van der Waals surface area contributed by atoms with E-state index in [0.29, 0.717) is 18.8 Å². The van der Waals surface area contributed by atoms with Crippen LogP contribution in [0.1, 0.15) is 28.6 Å². The molecule has 4 rings (SSSR count). The Morgan fingerprint density at radius 2 is 2.00 bits per heavy atom. The van der Waals surface area contributed by atoms with Gasteiger partial charge in [0.05, 0.1) is 24.1 Å². The molecular formula is C18H18N6O. The van der Waals surface area contributed by atoms with Gasteiger partial charge in [-0.3, -0.25) is 9.78 Å². The Balaban J connectivity index is 1.47. The first-order valence-electron chi connectivity index (χ1n) is 8.26. The van der Waals surface area contributed by atoms with Crippen molar-refractivity contribution < 1.29 is 4.79 Å². The van der Waals surface area contributed by atoms with Gasteiger partial charge in [0.25, 0.3) is 5.91 Å². The highest BCUT2D eigenvalue weighted by molar-refractivity contribution is 5.92. The largest absolute Gasteiger partial charge is 0.335 e. The summed E-state index contributed by atoms with van der Waals surface area (Å²) in [6.07, 6.45) is 5.95. The first-order valence-corrected chi connectivity index (χ1v) is 8.26. The van der Waals surface area contributed by atoms with E-state index in [9.17, 15) is 4.79 Å². The minimum Gasteiger partial charge on any atom is -0.335 e. The number of amides is 1. The molecule has 3 aromatic rings. The molecule has 0 radical (unpaired) electrons. The summed E-state index contributed by atoms with van der Waals surface area (Å²) in [6.45, 7) is 3.13. The molecule has 1 aliphatic rings. The van der Waals surface area contributed by atoms with Gasteiger partial charge in [-0.1, -0.05) is 35.5 Å². The van der Waals surface area contributed by atoms with Crippen molar-refractivity contribution in [2.45, 2.75) is 19.4 Å². The molecule has 25 heavy (non-hydrogen) atoms. The molecule has 126 valence electrons. The lowest BCUT2D eigenvalue weighted by Crippen LogP contribution is -2.30. The van der Waals surface area contributed by atoms with Crippen LogP contribution in [0.2, 0.25) is 0 Å². The van der Waals surface area contributed by atoms with Gasteiger partial charge in [-0.05, 0) is 13.3 Å². The van der Waals surface area contributed by atoms with Gasteiger partial charge in [0.2, 0.25) is 0 Å². The predicted molar refractivity (Wildman–Crippen MR) is 91.8 cm³/mol. The third-order valence-corrected chi connectivity index (χ3v) is 4.40. The summed E-state index contributed by atoms with van der Waals surface area (Å²) in [7, 11) is 0. The number of benzene rings is 1. The monoisotopic (exact) mass is 334 g/mol. The predicted octanol–water partition coefficient (Wildman–Crippen LogP) is 2.13. The van der Waals surface area contributed by atoms with Crippen LogP contribution in [0.4, 0.5) is 0 Å². The number of likely N-dealkylation sites (tertiary alicyclic amines) is 1. The van der Waals surface area contributed by atoms with E-state index >= 15 is 0 Å². The molecule has 0 bridgehead atoms. The molecule has 3 heterocycles. The maximum Gasteiger partial charge on any atom is 0.274 e. The molecule has 1 saturated heterocycles. The normalized spacial score (nSPS) is 17.0. The Labute approximate surface area is 145 Å². The zero-order valence-corrected chi connectivity index (χ0v) is 13.9. The van der Waals surface area contributed by atoms with E-state index in [-0.39, 0.29) is 11.9 Å². The Hall–Kier alpha value is -3.09. The highest BCUT2D eigenvalue weighted by Gasteiger charge is 2.29. The van der Waals surface area contributed by atoms with Crippen LogP contribution >= 0.6 is 0 Å². The number of hydrogen-bond acceptors (Lipinski definition) is 5. The van der Waals surface area contributed by atoms with Crippen molar-refractivity contribution in [3.8, 4) is 11.3 Å². The maximum atomic E-state index is 12.5. The number of aryl methyl sites for hydroxylation is 1. The minimum atomic E-state index is -0.0848. The Bertz CT molecular complexity index is 874. The Morgan fingerprint density at radius 1 is 1.16 bits per heavy atom. The zero-order chi connectivity index (χ0) is 17.2. The van der Waals surface area contributed by atoms with Crippen molar-refractivity contribution in [3.63, 3.8) is 0 Å². The first kappa shape index (κ1) is 15.4. The first-order chi connectivity index (χ1) is 12.2. The van der Waals surface area contributed by atoms with E-state index in [1.807, 2.05) is 48.1 Å². The molecule has 0 spiro atoms. The summed E-state index contributed by atoms with van der Waals surface area (Å²) in [4.78, 5) is 22.7. The van der Waals surface area contributed by atoms with Gasteiger partial charge in [0.1, 0.15) is 11.4 Å². The number of carbonyl (C=O) groups excluding carboxylic acids is 1. The van der Waals surface area contributed by atoms with Crippen LogP contribution in [-0.4, -0.2) is 48.9 Å². The second kappa shape index (κ2) is 6.43. The molecule has 1 aromatic carbocycles. The van der Waals surface area contributed by atoms with E-state index in [1.54, 1.807) is 11.1 Å². The number of rotatable bonds is 3. The molecule has 0 N–H and O–H groups in total. The van der Waals surface area contributed by atoms with Crippen molar-refractivity contribution in [1.29, 1.82) is 0 Å². The molecular weight excluding hydrogens is 316 g/mol. The zero-order valence-electron chi connectivity index (χ0n) is 13.9. The van der Waals surface area contributed by atoms with Crippen molar-refractivity contribution in [1.82, 2.24) is 29.9 Å². The Kier molecular flexibility index (Phi) is 3.97. The number of nitrogens with zero attached hydrogens (tertiary/aromatic N) is 6. The van der Waals surface area contributed by atoms with Gasteiger partial charge in [-0.15, -0.1) is 5.10 Å². The highest BCUT2D eigenvalue weighted by Crippen LogP contribution is 2.24. The molecule has 2 aromatic heterocycles. The minimum absolute atomic E-state index is 0.0848. The smallest absolute Gasteiger partial charge is 0.274 e. The van der Waals surface area contributed by atoms with E-state index in [0.717, 1.165) is 23.4 Å². The summed E-state index contributed by atoms with van der Waals surface area (Å²) in [5, 5.41) is 8.51. The van der Waals surface area contributed by atoms with Crippen LogP contribution in [-0.2, 0) is 0 Å². The van der Waals surface area contributed by atoms with Crippen molar-refractivity contribution in [2.75, 3.05) is 13.1 Å². The summed E-state index contributed by atoms with van der Waals surface area (Å²) in [5.74, 6) is -0.0848. The standard InChI is InChI=1S/C18H18N6O/c1-13-9-20-16(10-19-13)18(25)23-8-7-15(11-23)24-12-17(21-22-24)14-5-3-2-4-6-14/h2-6,9-10,12,15H,7-8,11H2,1H3/t15-/m1/s1. The summed E-state index contributed by atoms with van der Waals surface area (Å²) >= 11 is 0. The molecule has 0 saturated carbocycles. The van der Waals surface area contributed by atoms with Crippen molar-refractivity contribution in [3.05, 3.63) is 60.3 Å². The summed E-state index contributed by atoms with van der Waals surface area (Å²) in [6, 6.07) is 10.1. The fourth-order valence-corrected chi connectivity index (χ4v) is 3.00. The molecule has 7 heteroatoms. The topological polar surface area (TPSA) is 76.8 Å². The second-order valence-electron chi connectivity index (χ2n) is 6.19. The lowest BCUT2D eigenvalue weighted by atomic mass is 10.2. The maximum absolute atomic E-state index is 12.5. The molecule has 1 atom stereocenters. The van der Waals surface area contributed by atoms with E-state index in [1.165, 1.54) is 6.20 Å². The second-order valence-corrected chi connectivity index (χ2v) is 6.19. The van der Waals surface area contributed by atoms with Gasteiger partial charge < -0.3 is 4.90 Å². The van der Waals surface area contributed by atoms with Gasteiger partial charge >= 0.3 is 0 Å². The molecule has 1 aliphatic heterocycles. The van der Waals surface area contributed by atoms with Crippen LogP contribution in [0.25, 0.3) is 11.3 Å². The highest BCUT2D eigenvalue weighted by atomic mass is 16.2. The van der Waals surface area contributed by atoms with Crippen molar-refractivity contribution >= 4 is 5.91 Å². The third-order valence-electron chi connectivity index (χ3n) is 4.40. The molecule has 1 fully saturated rings. The number of aromatic nitrogens is 5. The summed E-state index contributed by atoms with van der Waals surface area (Å²) in [5.41, 5.74) is 3.06. The van der Waals surface area contributed by atoms with Crippen LogP contribution in [0.3, 0.4) is 0 Å². The van der Waals surface area contributed by atoms with E-state index in [4.69, 9.17) is 0 Å². The Morgan fingerprint density at radius 3 is 2.76 bits per heavy atom. The van der Waals surface area contributed by atoms with Gasteiger partial charge in [-0.25, -0.2) is 9.67 Å². The van der Waals surface area contributed by atoms with Crippen LogP contribution in [0.15, 0.2) is 48.9 Å². The molecule has 7 nitrogen and oxygen atoms in total. The summed E-state index contributed by atoms with van der Waals surface area (Å²) < 4.78 is 1.86. The van der Waals surface area contributed by atoms with Gasteiger partial charge in [0.15, 0.2) is 0 Å². The third kappa shape index (κ3) is 3.13. The SMILES string of the molecule is Cc1cnc(C(=O)N2CC[C@@H](n3cc(-c4ccccc4)nn3)C2)cn1. The molecule has 0 aliphatic carbocycles. The van der Waals surface area contributed by atoms with Crippen molar-refractivity contribution in [2.24, 2.45) is 0 Å². The van der Waals surface area contributed by atoms with Gasteiger partial charge in [0, 0.05) is 24.8 Å².